The largest absolute Gasteiger partial charge is 0.207 e. The van der Waals surface area contributed by atoms with Crippen molar-refractivity contribution in [3.8, 4) is 6.07 Å². The van der Waals surface area contributed by atoms with Crippen LogP contribution >= 0.6 is 0 Å². The summed E-state index contributed by atoms with van der Waals surface area (Å²) in [6, 6.07) is 9.54. The van der Waals surface area contributed by atoms with Crippen LogP contribution in [0.3, 0.4) is 0 Å². The van der Waals surface area contributed by atoms with Crippen molar-refractivity contribution in [1.29, 1.82) is 5.26 Å². The number of hydrogen-bond donors (Lipinski definition) is 0. The van der Waals surface area contributed by atoms with E-state index in [0.29, 0.717) is 6.42 Å². The molecule has 0 spiro atoms. The van der Waals surface area contributed by atoms with Gasteiger partial charge in [0.25, 0.3) is 0 Å². The maximum absolute atomic E-state index is 13.1. The number of hydrogen-bond acceptors (Lipinski definition) is 1. The Balaban J connectivity index is 3.02. The Kier molecular flexibility index (Phi) is 4.90. The van der Waals surface area contributed by atoms with Gasteiger partial charge >= 0.3 is 0 Å². The van der Waals surface area contributed by atoms with Crippen molar-refractivity contribution in [3.63, 3.8) is 0 Å². The second kappa shape index (κ2) is 6.44. The first kappa shape index (κ1) is 12.9. The number of nitrogens with zero attached hydrogens (tertiary/aromatic N) is 1. The van der Waals surface area contributed by atoms with Gasteiger partial charge in [-0.3, -0.25) is 0 Å². The Morgan fingerprint density at radius 3 is 2.53 bits per heavy atom. The highest BCUT2D eigenvalue weighted by atomic mass is 19.1. The lowest BCUT2D eigenvalue weighted by Gasteiger charge is -2.03. The molecule has 0 amide bonds. The molecule has 1 rings (SSSR count). The van der Waals surface area contributed by atoms with Gasteiger partial charge in [-0.15, -0.1) is 0 Å². The highest BCUT2D eigenvalue weighted by molar-refractivity contribution is 5.75. The highest BCUT2D eigenvalue weighted by Gasteiger charge is 1.99. The van der Waals surface area contributed by atoms with Crippen LogP contribution in [0.2, 0.25) is 0 Å². The molecule has 17 heavy (non-hydrogen) atoms. The normalized spacial score (nSPS) is 12.1. The van der Waals surface area contributed by atoms with Crippen molar-refractivity contribution in [1.82, 2.24) is 0 Å². The summed E-state index contributed by atoms with van der Waals surface area (Å²) in [6.07, 6.45) is 4.83. The first-order valence-corrected chi connectivity index (χ1v) is 5.33. The van der Waals surface area contributed by atoms with Crippen molar-refractivity contribution < 1.29 is 4.39 Å². The lowest BCUT2D eigenvalue weighted by molar-refractivity contribution is 0.665. The molecule has 0 heterocycles. The molecule has 0 atom stereocenters. The average molecular weight is 227 g/mol. The van der Waals surface area contributed by atoms with Crippen LogP contribution in [-0.4, -0.2) is 0 Å². The Labute approximate surface area is 101 Å². The molecule has 2 heteroatoms. The quantitative estimate of drug-likeness (QED) is 0.707. The minimum absolute atomic E-state index is 0.291. The zero-order chi connectivity index (χ0) is 12.7. The van der Waals surface area contributed by atoms with E-state index in [4.69, 9.17) is 5.26 Å². The molecule has 0 aliphatic rings. The molecular formula is C15H14FN. The van der Waals surface area contributed by atoms with Crippen LogP contribution in [0.5, 0.6) is 0 Å². The molecule has 0 saturated carbocycles. The first-order chi connectivity index (χ1) is 8.21. The monoisotopic (exact) mass is 227 g/mol. The Morgan fingerprint density at radius 2 is 2.06 bits per heavy atom. The van der Waals surface area contributed by atoms with Crippen molar-refractivity contribution in [3.05, 3.63) is 66.0 Å². The molecule has 86 valence electrons. The van der Waals surface area contributed by atoms with Gasteiger partial charge in [0.2, 0.25) is 0 Å². The SMILES string of the molecule is C=C/C(=C\C(F)=C/C)c1ccc(CC#N)cc1. The molecule has 0 N–H and O–H groups in total. The molecule has 0 saturated heterocycles. The molecule has 0 aromatic heterocycles. The summed E-state index contributed by atoms with van der Waals surface area (Å²) in [4.78, 5) is 0. The second-order valence-corrected chi connectivity index (χ2v) is 3.51. The van der Waals surface area contributed by atoms with E-state index in [1.54, 1.807) is 13.0 Å². The summed E-state index contributed by atoms with van der Waals surface area (Å²) < 4.78 is 13.1. The Bertz CT molecular complexity index is 487. The average Bonchev–Trinajstić information content (AvgIpc) is 2.37. The van der Waals surface area contributed by atoms with Gasteiger partial charge in [0.1, 0.15) is 5.83 Å². The van der Waals surface area contributed by atoms with E-state index >= 15 is 0 Å². The lowest BCUT2D eigenvalue weighted by Crippen LogP contribution is -1.85. The summed E-state index contributed by atoms with van der Waals surface area (Å²) in [5.41, 5.74) is 2.56. The maximum Gasteiger partial charge on any atom is 0.119 e. The molecule has 0 aliphatic carbocycles. The van der Waals surface area contributed by atoms with Crippen molar-refractivity contribution in [2.45, 2.75) is 13.3 Å². The predicted molar refractivity (Wildman–Crippen MR) is 68.8 cm³/mol. The predicted octanol–water partition coefficient (Wildman–Crippen LogP) is 4.20. The minimum atomic E-state index is -0.291. The summed E-state index contributed by atoms with van der Waals surface area (Å²) in [6.45, 7) is 5.31. The van der Waals surface area contributed by atoms with Crippen molar-refractivity contribution in [2.75, 3.05) is 0 Å². The van der Waals surface area contributed by atoms with E-state index in [2.05, 4.69) is 12.6 Å². The first-order valence-electron chi connectivity index (χ1n) is 5.33. The Morgan fingerprint density at radius 1 is 1.41 bits per heavy atom. The summed E-state index contributed by atoms with van der Waals surface area (Å²) in [5, 5.41) is 8.56. The smallest absolute Gasteiger partial charge is 0.119 e. The van der Waals surface area contributed by atoms with Crippen LogP contribution < -0.4 is 0 Å². The summed E-state index contributed by atoms with van der Waals surface area (Å²) >= 11 is 0. The molecule has 0 fully saturated rings. The van der Waals surface area contributed by atoms with E-state index in [0.717, 1.165) is 16.7 Å². The Hall–Kier alpha value is -2.14. The highest BCUT2D eigenvalue weighted by Crippen LogP contribution is 2.19. The lowest BCUT2D eigenvalue weighted by atomic mass is 10.0. The molecule has 0 aliphatic heterocycles. The van der Waals surface area contributed by atoms with Gasteiger partial charge in [0, 0.05) is 0 Å². The van der Waals surface area contributed by atoms with Gasteiger partial charge in [0.05, 0.1) is 12.5 Å². The number of nitriles is 1. The van der Waals surface area contributed by atoms with E-state index in [1.807, 2.05) is 24.3 Å². The van der Waals surface area contributed by atoms with Gasteiger partial charge in [-0.2, -0.15) is 5.26 Å². The number of allylic oxidation sites excluding steroid dienone is 5. The maximum atomic E-state index is 13.1. The van der Waals surface area contributed by atoms with E-state index in [1.165, 1.54) is 12.2 Å². The second-order valence-electron chi connectivity index (χ2n) is 3.51. The van der Waals surface area contributed by atoms with Crippen LogP contribution in [0.25, 0.3) is 5.57 Å². The summed E-state index contributed by atoms with van der Waals surface area (Å²) in [5.74, 6) is -0.291. The molecule has 0 radical (unpaired) electrons. The molecule has 0 bridgehead atoms. The zero-order valence-corrected chi connectivity index (χ0v) is 9.78. The third kappa shape index (κ3) is 3.73. The van der Waals surface area contributed by atoms with Gasteiger partial charge in [-0.05, 0) is 29.7 Å². The third-order valence-electron chi connectivity index (χ3n) is 2.36. The fourth-order valence-corrected chi connectivity index (χ4v) is 1.40. The van der Waals surface area contributed by atoms with E-state index < -0.39 is 0 Å². The topological polar surface area (TPSA) is 23.8 Å². The van der Waals surface area contributed by atoms with Crippen molar-refractivity contribution >= 4 is 5.57 Å². The summed E-state index contributed by atoms with van der Waals surface area (Å²) in [7, 11) is 0. The standard InChI is InChI=1S/C15H14FN/c1-3-13(11-15(16)4-2)14-7-5-12(6-8-14)9-10-17/h3-8,11H,1,9H2,2H3/b13-11+,15-4+. The number of rotatable bonds is 4. The molecule has 1 aromatic rings. The van der Waals surface area contributed by atoms with Crippen LogP contribution in [0.15, 0.2) is 54.9 Å². The van der Waals surface area contributed by atoms with Crippen LogP contribution in [0.1, 0.15) is 18.1 Å². The van der Waals surface area contributed by atoms with E-state index in [9.17, 15) is 4.39 Å². The van der Waals surface area contributed by atoms with Crippen molar-refractivity contribution in [2.24, 2.45) is 0 Å². The van der Waals surface area contributed by atoms with Gasteiger partial charge in [-0.25, -0.2) is 4.39 Å². The minimum Gasteiger partial charge on any atom is -0.207 e. The number of benzene rings is 1. The fourth-order valence-electron chi connectivity index (χ4n) is 1.40. The van der Waals surface area contributed by atoms with Crippen LogP contribution in [-0.2, 0) is 6.42 Å². The fraction of sp³-hybridized carbons (Fsp3) is 0.133. The van der Waals surface area contributed by atoms with Gasteiger partial charge in [0.15, 0.2) is 0 Å². The zero-order valence-electron chi connectivity index (χ0n) is 9.78. The third-order valence-corrected chi connectivity index (χ3v) is 2.36. The van der Waals surface area contributed by atoms with Gasteiger partial charge < -0.3 is 0 Å². The number of halogens is 1. The molecular weight excluding hydrogens is 213 g/mol. The molecule has 0 unspecified atom stereocenters. The molecule has 1 aromatic carbocycles. The van der Waals surface area contributed by atoms with Crippen LogP contribution in [0.4, 0.5) is 4.39 Å². The molecule has 1 nitrogen and oxygen atoms in total. The van der Waals surface area contributed by atoms with Gasteiger partial charge in [-0.1, -0.05) is 43.0 Å². The van der Waals surface area contributed by atoms with Crippen LogP contribution in [0, 0.1) is 11.3 Å². The van der Waals surface area contributed by atoms with E-state index in [-0.39, 0.29) is 5.83 Å².